The summed E-state index contributed by atoms with van der Waals surface area (Å²) in [6.45, 7) is 8.42. The smallest absolute Gasteiger partial charge is 0.162 e. The van der Waals surface area contributed by atoms with Crippen molar-refractivity contribution in [3.63, 3.8) is 0 Å². The van der Waals surface area contributed by atoms with Gasteiger partial charge in [-0.2, -0.15) is 0 Å². The zero-order valence-electron chi connectivity index (χ0n) is 19.7. The van der Waals surface area contributed by atoms with Gasteiger partial charge in [0, 0.05) is 12.8 Å². The van der Waals surface area contributed by atoms with Crippen molar-refractivity contribution in [1.29, 1.82) is 0 Å². The van der Waals surface area contributed by atoms with Crippen LogP contribution in [0.15, 0.2) is 23.0 Å². The highest BCUT2D eigenvalue weighted by Crippen LogP contribution is 2.22. The summed E-state index contributed by atoms with van der Waals surface area (Å²) in [4.78, 5) is 0. The number of ether oxygens (including phenoxy) is 7. The van der Waals surface area contributed by atoms with E-state index >= 15 is 0 Å². The van der Waals surface area contributed by atoms with Gasteiger partial charge in [0.15, 0.2) is 25.1 Å². The third-order valence-corrected chi connectivity index (χ3v) is 4.47. The zero-order valence-corrected chi connectivity index (χ0v) is 19.7. The summed E-state index contributed by atoms with van der Waals surface area (Å²) in [5.41, 5.74) is 0. The predicted octanol–water partition coefficient (Wildman–Crippen LogP) is 5.12. The summed E-state index contributed by atoms with van der Waals surface area (Å²) in [5, 5.41) is 0. The van der Waals surface area contributed by atoms with Gasteiger partial charge < -0.3 is 33.2 Å². The number of methoxy groups -OCH3 is 4. The minimum Gasteiger partial charge on any atom is -0.497 e. The summed E-state index contributed by atoms with van der Waals surface area (Å²) in [5.74, 6) is 3.03. The minimum absolute atomic E-state index is 0.0864. The minimum atomic E-state index is -0.234. The molecule has 0 N–H and O–H groups in total. The van der Waals surface area contributed by atoms with E-state index in [9.17, 15) is 0 Å². The van der Waals surface area contributed by atoms with Crippen molar-refractivity contribution in [3.8, 4) is 0 Å². The van der Waals surface area contributed by atoms with Gasteiger partial charge in [0.25, 0.3) is 0 Å². The third-order valence-electron chi connectivity index (χ3n) is 4.47. The Hall–Kier alpha value is -1.44. The van der Waals surface area contributed by atoms with Crippen LogP contribution in [-0.2, 0) is 33.2 Å². The first-order valence-electron chi connectivity index (χ1n) is 10.5. The van der Waals surface area contributed by atoms with Crippen molar-refractivity contribution >= 4 is 0 Å². The van der Waals surface area contributed by atoms with Crippen molar-refractivity contribution in [2.75, 3.05) is 42.0 Å². The van der Waals surface area contributed by atoms with E-state index in [0.717, 1.165) is 50.0 Å². The fourth-order valence-corrected chi connectivity index (χ4v) is 3.01. The number of hydrogen-bond donors (Lipinski definition) is 0. The normalized spacial score (nSPS) is 15.2. The Labute approximate surface area is 177 Å². The lowest BCUT2D eigenvalue weighted by Gasteiger charge is -2.23. The summed E-state index contributed by atoms with van der Waals surface area (Å²) >= 11 is 0. The molecule has 0 aliphatic heterocycles. The van der Waals surface area contributed by atoms with Crippen LogP contribution in [0, 0.1) is 0 Å². The maximum Gasteiger partial charge on any atom is 0.162 e. The van der Waals surface area contributed by atoms with Gasteiger partial charge in [0.2, 0.25) is 0 Å². The highest BCUT2D eigenvalue weighted by Gasteiger charge is 2.21. The van der Waals surface area contributed by atoms with Crippen molar-refractivity contribution in [2.24, 2.45) is 0 Å². The molecule has 29 heavy (non-hydrogen) atoms. The van der Waals surface area contributed by atoms with Crippen molar-refractivity contribution in [2.45, 2.75) is 78.4 Å². The predicted molar refractivity (Wildman–Crippen MR) is 113 cm³/mol. The maximum absolute atomic E-state index is 5.85. The summed E-state index contributed by atoms with van der Waals surface area (Å²) in [7, 11) is 6.57. The van der Waals surface area contributed by atoms with Crippen LogP contribution in [-0.4, -0.2) is 54.2 Å². The Morgan fingerprint density at radius 1 is 0.586 bits per heavy atom. The lowest BCUT2D eigenvalue weighted by atomic mass is 10.1. The number of allylic oxidation sites excluding steroid dienone is 2. The first kappa shape index (κ1) is 27.6. The van der Waals surface area contributed by atoms with Crippen molar-refractivity contribution in [1.82, 2.24) is 0 Å². The van der Waals surface area contributed by atoms with E-state index in [-0.39, 0.29) is 25.8 Å². The van der Waals surface area contributed by atoms with E-state index in [1.807, 2.05) is 13.8 Å². The van der Waals surface area contributed by atoms with E-state index in [2.05, 4.69) is 13.8 Å². The monoisotopic (exact) mass is 418 g/mol. The summed E-state index contributed by atoms with van der Waals surface area (Å²) in [6, 6.07) is 0. The van der Waals surface area contributed by atoms with Crippen LogP contribution in [0.4, 0.5) is 0 Å². The molecule has 0 amide bonds. The van der Waals surface area contributed by atoms with Crippen LogP contribution in [0.5, 0.6) is 0 Å². The fraction of sp³-hybridized carbons (Fsp3) is 0.818. The maximum atomic E-state index is 5.85. The van der Waals surface area contributed by atoms with E-state index in [0.29, 0.717) is 11.5 Å². The van der Waals surface area contributed by atoms with Gasteiger partial charge in [-0.15, -0.1) is 0 Å². The second-order valence-corrected chi connectivity index (χ2v) is 6.46. The van der Waals surface area contributed by atoms with Crippen LogP contribution in [0.3, 0.4) is 0 Å². The molecule has 0 aromatic heterocycles. The van der Waals surface area contributed by atoms with Gasteiger partial charge >= 0.3 is 0 Å². The van der Waals surface area contributed by atoms with Gasteiger partial charge in [-0.3, -0.25) is 0 Å². The number of hydrogen-bond acceptors (Lipinski definition) is 7. The molecule has 2 unspecified atom stereocenters. The van der Waals surface area contributed by atoms with E-state index < -0.39 is 0 Å². The van der Waals surface area contributed by atoms with E-state index in [1.54, 1.807) is 28.4 Å². The molecule has 172 valence electrons. The highest BCUT2D eigenvalue weighted by atomic mass is 16.7. The largest absolute Gasteiger partial charge is 0.497 e. The molecule has 7 heteroatoms. The zero-order chi connectivity index (χ0) is 22.1. The van der Waals surface area contributed by atoms with Crippen LogP contribution >= 0.6 is 0 Å². The average Bonchev–Trinajstić information content (AvgIpc) is 2.75. The molecule has 0 aromatic rings. The molecule has 0 aliphatic carbocycles. The molecule has 0 saturated carbocycles. The molecule has 0 aliphatic rings. The molecule has 0 heterocycles. The Balaban J connectivity index is 4.77. The molecule has 0 fully saturated rings. The van der Waals surface area contributed by atoms with Crippen molar-refractivity contribution in [3.05, 3.63) is 23.0 Å². The fourth-order valence-electron chi connectivity index (χ4n) is 3.01. The quantitative estimate of drug-likeness (QED) is 0.174. The second kappa shape index (κ2) is 17.4. The van der Waals surface area contributed by atoms with Crippen LogP contribution in [0.1, 0.15) is 66.2 Å². The van der Waals surface area contributed by atoms with Crippen LogP contribution < -0.4 is 0 Å². The molecule has 0 saturated heterocycles. The molecule has 2 atom stereocenters. The van der Waals surface area contributed by atoms with Crippen LogP contribution in [0.2, 0.25) is 0 Å². The van der Waals surface area contributed by atoms with E-state index in [4.69, 9.17) is 33.2 Å². The Kier molecular flexibility index (Phi) is 16.6. The molecule has 7 nitrogen and oxygen atoms in total. The van der Waals surface area contributed by atoms with Crippen molar-refractivity contribution < 1.29 is 33.2 Å². The van der Waals surface area contributed by atoms with Crippen LogP contribution in [0.25, 0.3) is 0 Å². The van der Waals surface area contributed by atoms with Gasteiger partial charge in [0.05, 0.1) is 28.4 Å². The Morgan fingerprint density at radius 2 is 0.966 bits per heavy atom. The van der Waals surface area contributed by atoms with Gasteiger partial charge in [-0.05, 0) is 25.7 Å². The first-order chi connectivity index (χ1) is 14.1. The van der Waals surface area contributed by atoms with E-state index in [1.165, 1.54) is 0 Å². The second-order valence-electron chi connectivity index (χ2n) is 6.46. The average molecular weight is 419 g/mol. The highest BCUT2D eigenvalue weighted by molar-refractivity contribution is 5.08. The Bertz CT molecular complexity index is 432. The first-order valence-corrected chi connectivity index (χ1v) is 10.5. The third kappa shape index (κ3) is 9.74. The molecular weight excluding hydrogens is 376 g/mol. The lowest BCUT2D eigenvalue weighted by molar-refractivity contribution is -0.164. The SMILES string of the molecule is CCCC(OC)=C(OC)C(CC)OCOCOC(CC)C(OC)=C(CCC)OC. The van der Waals surface area contributed by atoms with Gasteiger partial charge in [-0.25, -0.2) is 0 Å². The molecule has 0 rings (SSSR count). The lowest BCUT2D eigenvalue weighted by Crippen LogP contribution is -2.23. The standard InChI is InChI=1S/C22H42O7/c1-9-13-19(23-5)21(25-7)17(11-3)28-15-27-16-29-18(12-4)22(26-8)20(24-6)14-10-2/h17-18H,9-16H2,1-8H3. The number of rotatable bonds is 18. The molecule has 0 spiro atoms. The summed E-state index contributed by atoms with van der Waals surface area (Å²) < 4.78 is 39.3. The Morgan fingerprint density at radius 3 is 1.21 bits per heavy atom. The molecule has 0 bridgehead atoms. The molecular formula is C22H42O7. The molecule has 0 radical (unpaired) electrons. The van der Waals surface area contributed by atoms with Gasteiger partial charge in [-0.1, -0.05) is 27.7 Å². The topological polar surface area (TPSA) is 64.6 Å². The molecule has 0 aromatic carbocycles. The summed E-state index contributed by atoms with van der Waals surface area (Å²) in [6.07, 6.45) is 4.54. The van der Waals surface area contributed by atoms with Gasteiger partial charge in [0.1, 0.15) is 23.7 Å².